The zero-order valence-electron chi connectivity index (χ0n) is 9.80. The van der Waals surface area contributed by atoms with Gasteiger partial charge in [0.25, 0.3) is 0 Å². The lowest BCUT2D eigenvalue weighted by Crippen LogP contribution is -2.15. The molecule has 0 aliphatic heterocycles. The summed E-state index contributed by atoms with van der Waals surface area (Å²) >= 11 is 0. The molecule has 0 heterocycles. The average molecular weight is 235 g/mol. The van der Waals surface area contributed by atoms with Crippen LogP contribution < -0.4 is 10.5 Å². The van der Waals surface area contributed by atoms with Gasteiger partial charge in [-0.25, -0.2) is 0 Å². The first kappa shape index (κ1) is 11.9. The zero-order valence-corrected chi connectivity index (χ0v) is 9.80. The molecule has 1 aromatic carbocycles. The van der Waals surface area contributed by atoms with Gasteiger partial charge in [-0.1, -0.05) is 12.1 Å². The minimum Gasteiger partial charge on any atom is -0.494 e. The highest BCUT2D eigenvalue weighted by Gasteiger charge is 2.47. The van der Waals surface area contributed by atoms with Gasteiger partial charge < -0.3 is 15.6 Å². The molecule has 92 valence electrons. The van der Waals surface area contributed by atoms with Crippen molar-refractivity contribution >= 4 is 5.97 Å². The predicted octanol–water partition coefficient (Wildman–Crippen LogP) is 1.81. The van der Waals surface area contributed by atoms with Gasteiger partial charge in [-0.3, -0.25) is 4.79 Å². The van der Waals surface area contributed by atoms with E-state index in [4.69, 9.17) is 15.6 Å². The number of rotatable bonds is 5. The van der Waals surface area contributed by atoms with Crippen LogP contribution >= 0.6 is 0 Å². The molecule has 0 radical (unpaired) electrons. The molecule has 1 aliphatic carbocycles. The minimum absolute atomic E-state index is 0.0745. The van der Waals surface area contributed by atoms with E-state index in [9.17, 15) is 4.79 Å². The van der Waals surface area contributed by atoms with Gasteiger partial charge >= 0.3 is 5.97 Å². The smallest absolute Gasteiger partial charge is 0.306 e. The van der Waals surface area contributed by atoms with Gasteiger partial charge in [0.05, 0.1) is 12.5 Å². The second-order valence-corrected chi connectivity index (χ2v) is 4.37. The van der Waals surface area contributed by atoms with E-state index < -0.39 is 5.97 Å². The standard InChI is InChI=1S/C13H17NO3/c1-2-17-9-5-3-8(4-6-9)12(14)10-7-11(10)13(15)16/h3-6,10-12H,2,7,14H2,1H3,(H,15,16). The number of nitrogens with two attached hydrogens (primary N) is 1. The Labute approximate surface area is 100 Å². The van der Waals surface area contributed by atoms with Crippen LogP contribution in [-0.4, -0.2) is 17.7 Å². The summed E-state index contributed by atoms with van der Waals surface area (Å²) in [5.41, 5.74) is 7.02. The molecule has 4 nitrogen and oxygen atoms in total. The van der Waals surface area contributed by atoms with Crippen molar-refractivity contribution in [2.24, 2.45) is 17.6 Å². The molecule has 1 aromatic rings. The molecular weight excluding hydrogens is 218 g/mol. The summed E-state index contributed by atoms with van der Waals surface area (Å²) in [5, 5.41) is 8.86. The maximum atomic E-state index is 10.8. The van der Waals surface area contributed by atoms with Gasteiger partial charge in [0.1, 0.15) is 5.75 Å². The highest BCUT2D eigenvalue weighted by Crippen LogP contribution is 2.46. The molecule has 2 rings (SSSR count). The third-order valence-corrected chi connectivity index (χ3v) is 3.19. The number of carboxylic acids is 1. The van der Waals surface area contributed by atoms with Crippen molar-refractivity contribution in [2.75, 3.05) is 6.61 Å². The van der Waals surface area contributed by atoms with Gasteiger partial charge in [-0.15, -0.1) is 0 Å². The number of carboxylic acid groups (broad SMARTS) is 1. The molecule has 0 amide bonds. The Morgan fingerprint density at radius 2 is 2.18 bits per heavy atom. The molecule has 0 aromatic heterocycles. The predicted molar refractivity (Wildman–Crippen MR) is 63.8 cm³/mol. The first-order valence-electron chi connectivity index (χ1n) is 5.84. The fourth-order valence-corrected chi connectivity index (χ4v) is 2.10. The van der Waals surface area contributed by atoms with Crippen LogP contribution in [-0.2, 0) is 4.79 Å². The summed E-state index contributed by atoms with van der Waals surface area (Å²) in [6.07, 6.45) is 0.684. The second kappa shape index (κ2) is 4.75. The summed E-state index contributed by atoms with van der Waals surface area (Å²) < 4.78 is 5.34. The number of aliphatic carboxylic acids is 1. The van der Waals surface area contributed by atoms with E-state index in [-0.39, 0.29) is 17.9 Å². The molecular formula is C13H17NO3. The highest BCUT2D eigenvalue weighted by atomic mass is 16.5. The van der Waals surface area contributed by atoms with Gasteiger partial charge in [0.2, 0.25) is 0 Å². The Kier molecular flexibility index (Phi) is 3.33. The first-order valence-corrected chi connectivity index (χ1v) is 5.84. The van der Waals surface area contributed by atoms with Gasteiger partial charge in [-0.2, -0.15) is 0 Å². The fraction of sp³-hybridized carbons (Fsp3) is 0.462. The van der Waals surface area contributed by atoms with Crippen LogP contribution in [0.1, 0.15) is 24.9 Å². The van der Waals surface area contributed by atoms with Gasteiger partial charge in [0.15, 0.2) is 0 Å². The monoisotopic (exact) mass is 235 g/mol. The molecule has 0 spiro atoms. The van der Waals surface area contributed by atoms with Gasteiger partial charge in [0, 0.05) is 6.04 Å². The van der Waals surface area contributed by atoms with E-state index in [0.29, 0.717) is 13.0 Å². The number of carbonyl (C=O) groups is 1. The number of benzene rings is 1. The molecule has 17 heavy (non-hydrogen) atoms. The summed E-state index contributed by atoms with van der Waals surface area (Å²) in [6, 6.07) is 7.37. The number of hydrogen-bond acceptors (Lipinski definition) is 3. The Morgan fingerprint density at radius 3 is 2.65 bits per heavy atom. The minimum atomic E-state index is -0.739. The van der Waals surface area contributed by atoms with E-state index in [1.807, 2.05) is 31.2 Å². The van der Waals surface area contributed by atoms with E-state index in [1.165, 1.54) is 0 Å². The van der Waals surface area contributed by atoms with E-state index in [0.717, 1.165) is 11.3 Å². The molecule has 3 N–H and O–H groups in total. The second-order valence-electron chi connectivity index (χ2n) is 4.37. The molecule has 0 saturated heterocycles. The average Bonchev–Trinajstić information content (AvgIpc) is 3.09. The van der Waals surface area contributed by atoms with Crippen molar-refractivity contribution in [3.8, 4) is 5.75 Å². The summed E-state index contributed by atoms with van der Waals surface area (Å²) in [5.74, 6) is -0.118. The Bertz CT molecular complexity index is 402. The Balaban J connectivity index is 2.00. The highest BCUT2D eigenvalue weighted by molar-refractivity contribution is 5.73. The van der Waals surface area contributed by atoms with Crippen LogP contribution in [0.4, 0.5) is 0 Å². The topological polar surface area (TPSA) is 72.5 Å². The van der Waals surface area contributed by atoms with Crippen molar-refractivity contribution in [1.29, 1.82) is 0 Å². The Hall–Kier alpha value is -1.55. The van der Waals surface area contributed by atoms with Crippen LogP contribution in [0.3, 0.4) is 0 Å². The zero-order chi connectivity index (χ0) is 12.4. The maximum Gasteiger partial charge on any atom is 0.306 e. The Morgan fingerprint density at radius 1 is 1.53 bits per heavy atom. The van der Waals surface area contributed by atoms with Gasteiger partial charge in [-0.05, 0) is 37.0 Å². The van der Waals surface area contributed by atoms with Crippen molar-refractivity contribution in [1.82, 2.24) is 0 Å². The summed E-state index contributed by atoms with van der Waals surface area (Å²) in [7, 11) is 0. The van der Waals surface area contributed by atoms with E-state index in [2.05, 4.69) is 0 Å². The van der Waals surface area contributed by atoms with Crippen LogP contribution in [0, 0.1) is 11.8 Å². The molecule has 1 aliphatic rings. The SMILES string of the molecule is CCOc1ccc(C(N)C2CC2C(=O)O)cc1. The summed E-state index contributed by atoms with van der Waals surface area (Å²) in [6.45, 7) is 2.57. The molecule has 0 bridgehead atoms. The number of ether oxygens (including phenoxy) is 1. The molecule has 4 heteroatoms. The quantitative estimate of drug-likeness (QED) is 0.816. The van der Waals surface area contributed by atoms with Crippen LogP contribution in [0.2, 0.25) is 0 Å². The third kappa shape index (κ3) is 2.58. The maximum absolute atomic E-state index is 10.8. The molecule has 1 saturated carbocycles. The largest absolute Gasteiger partial charge is 0.494 e. The molecule has 3 atom stereocenters. The lowest BCUT2D eigenvalue weighted by Gasteiger charge is -2.12. The van der Waals surface area contributed by atoms with Crippen molar-refractivity contribution in [2.45, 2.75) is 19.4 Å². The third-order valence-electron chi connectivity index (χ3n) is 3.19. The number of hydrogen-bond donors (Lipinski definition) is 2. The fourth-order valence-electron chi connectivity index (χ4n) is 2.10. The van der Waals surface area contributed by atoms with Crippen LogP contribution in [0.15, 0.2) is 24.3 Å². The van der Waals surface area contributed by atoms with Crippen LogP contribution in [0.25, 0.3) is 0 Å². The first-order chi connectivity index (χ1) is 8.13. The molecule has 3 unspecified atom stereocenters. The van der Waals surface area contributed by atoms with E-state index >= 15 is 0 Å². The normalized spacial score (nSPS) is 24.1. The van der Waals surface area contributed by atoms with Crippen LogP contribution in [0.5, 0.6) is 5.75 Å². The lowest BCUT2D eigenvalue weighted by molar-refractivity contribution is -0.138. The van der Waals surface area contributed by atoms with Crippen molar-refractivity contribution in [3.05, 3.63) is 29.8 Å². The summed E-state index contributed by atoms with van der Waals surface area (Å²) in [4.78, 5) is 10.8. The van der Waals surface area contributed by atoms with Crippen molar-refractivity contribution < 1.29 is 14.6 Å². The van der Waals surface area contributed by atoms with E-state index in [1.54, 1.807) is 0 Å². The lowest BCUT2D eigenvalue weighted by atomic mass is 10.0. The van der Waals surface area contributed by atoms with Crippen molar-refractivity contribution in [3.63, 3.8) is 0 Å². The molecule has 1 fully saturated rings.